The van der Waals surface area contributed by atoms with Crippen LogP contribution in [0.2, 0.25) is 0 Å². The Labute approximate surface area is 103 Å². The topological polar surface area (TPSA) is 50.4 Å². The number of rotatable bonds is 4. The van der Waals surface area contributed by atoms with E-state index in [1.54, 1.807) is 11.3 Å². The molecule has 1 aromatic heterocycles. The number of halogens is 1. The lowest BCUT2D eigenvalue weighted by atomic mass is 10.2. The molecule has 0 radical (unpaired) electrons. The van der Waals surface area contributed by atoms with Crippen LogP contribution in [0.3, 0.4) is 0 Å². The van der Waals surface area contributed by atoms with Crippen molar-refractivity contribution < 1.29 is 0 Å². The molecule has 3 N–H and O–H groups in total. The predicted molar refractivity (Wildman–Crippen MR) is 70.2 cm³/mol. The van der Waals surface area contributed by atoms with Crippen LogP contribution >= 0.6 is 27.3 Å². The maximum atomic E-state index is 5.72. The zero-order valence-electron chi connectivity index (χ0n) is 8.96. The van der Waals surface area contributed by atoms with Crippen LogP contribution in [-0.4, -0.2) is 12.5 Å². The van der Waals surface area contributed by atoms with E-state index in [0.29, 0.717) is 18.4 Å². The molecule has 1 heterocycles. The first-order chi connectivity index (χ1) is 7.09. The molecule has 0 aliphatic rings. The maximum absolute atomic E-state index is 5.72. The highest BCUT2D eigenvalue weighted by molar-refractivity contribution is 9.11. The molecule has 0 fully saturated rings. The van der Waals surface area contributed by atoms with E-state index in [2.05, 4.69) is 40.1 Å². The van der Waals surface area contributed by atoms with Gasteiger partial charge in [0, 0.05) is 6.54 Å². The number of hydrogen-bond donors (Lipinski definition) is 2. The Kier molecular flexibility index (Phi) is 5.11. The fourth-order valence-corrected chi connectivity index (χ4v) is 2.18. The van der Waals surface area contributed by atoms with E-state index in [0.717, 1.165) is 10.3 Å². The van der Waals surface area contributed by atoms with Crippen molar-refractivity contribution in [2.24, 2.45) is 16.6 Å². The van der Waals surface area contributed by atoms with Gasteiger partial charge in [-0.2, -0.15) is 0 Å². The molecule has 15 heavy (non-hydrogen) atoms. The van der Waals surface area contributed by atoms with Gasteiger partial charge in [0.25, 0.3) is 0 Å². The molecule has 1 rings (SSSR count). The highest BCUT2D eigenvalue weighted by Crippen LogP contribution is 2.23. The molecular weight excluding hydrogens is 274 g/mol. The smallest absolute Gasteiger partial charge is 0.188 e. The van der Waals surface area contributed by atoms with Gasteiger partial charge in [0.1, 0.15) is 0 Å². The van der Waals surface area contributed by atoms with Gasteiger partial charge in [-0.25, -0.2) is 4.99 Å². The largest absolute Gasteiger partial charge is 0.370 e. The van der Waals surface area contributed by atoms with Crippen molar-refractivity contribution in [3.8, 4) is 0 Å². The summed E-state index contributed by atoms with van der Waals surface area (Å²) in [7, 11) is 0. The summed E-state index contributed by atoms with van der Waals surface area (Å²) in [6, 6.07) is 2.05. The van der Waals surface area contributed by atoms with Crippen LogP contribution in [0.15, 0.2) is 20.2 Å². The second-order valence-corrected chi connectivity index (χ2v) is 5.93. The van der Waals surface area contributed by atoms with E-state index in [4.69, 9.17) is 5.73 Å². The van der Waals surface area contributed by atoms with Gasteiger partial charge in [-0.05, 0) is 38.9 Å². The number of aliphatic imine (C=N–C) groups is 1. The van der Waals surface area contributed by atoms with Crippen molar-refractivity contribution in [3.05, 3.63) is 20.8 Å². The third kappa shape index (κ3) is 4.66. The van der Waals surface area contributed by atoms with E-state index in [1.165, 1.54) is 5.56 Å². The predicted octanol–water partition coefficient (Wildman–Crippen LogP) is 2.57. The van der Waals surface area contributed by atoms with Crippen molar-refractivity contribution in [1.82, 2.24) is 5.32 Å². The molecular formula is C10H16BrN3S. The Hall–Kier alpha value is -0.550. The van der Waals surface area contributed by atoms with Gasteiger partial charge in [0.2, 0.25) is 0 Å². The van der Waals surface area contributed by atoms with Gasteiger partial charge in [-0.15, -0.1) is 11.3 Å². The van der Waals surface area contributed by atoms with Crippen LogP contribution in [0.5, 0.6) is 0 Å². The number of thiophene rings is 1. The Morgan fingerprint density at radius 3 is 2.93 bits per heavy atom. The van der Waals surface area contributed by atoms with E-state index < -0.39 is 0 Å². The SMILES string of the molecule is CC(C)CNC(N)=NCc1ccsc1Br. The summed E-state index contributed by atoms with van der Waals surface area (Å²) >= 11 is 5.13. The molecule has 84 valence electrons. The van der Waals surface area contributed by atoms with Gasteiger partial charge >= 0.3 is 0 Å². The van der Waals surface area contributed by atoms with Crippen molar-refractivity contribution in [2.45, 2.75) is 20.4 Å². The van der Waals surface area contributed by atoms with Crippen LogP contribution in [0, 0.1) is 5.92 Å². The van der Waals surface area contributed by atoms with Gasteiger partial charge in [-0.1, -0.05) is 13.8 Å². The van der Waals surface area contributed by atoms with Gasteiger partial charge in [-0.3, -0.25) is 0 Å². The fraction of sp³-hybridized carbons (Fsp3) is 0.500. The third-order valence-electron chi connectivity index (χ3n) is 1.80. The standard InChI is InChI=1S/C10H16BrN3S/c1-7(2)5-13-10(12)14-6-8-3-4-15-9(8)11/h3-4,7H,5-6H2,1-2H3,(H3,12,13,14). The monoisotopic (exact) mass is 289 g/mol. The van der Waals surface area contributed by atoms with Gasteiger partial charge in [0.05, 0.1) is 10.3 Å². The highest BCUT2D eigenvalue weighted by atomic mass is 79.9. The third-order valence-corrected chi connectivity index (χ3v) is 3.62. The molecule has 0 unspecified atom stereocenters. The van der Waals surface area contributed by atoms with Gasteiger partial charge < -0.3 is 11.1 Å². The van der Waals surface area contributed by atoms with Crippen LogP contribution in [0.4, 0.5) is 0 Å². The molecule has 0 aliphatic carbocycles. The second-order valence-electron chi connectivity index (χ2n) is 3.70. The van der Waals surface area contributed by atoms with E-state index in [1.807, 2.05) is 11.4 Å². The summed E-state index contributed by atoms with van der Waals surface area (Å²) < 4.78 is 1.13. The summed E-state index contributed by atoms with van der Waals surface area (Å²) in [4.78, 5) is 4.26. The Morgan fingerprint density at radius 1 is 1.67 bits per heavy atom. The first-order valence-electron chi connectivity index (χ1n) is 4.85. The van der Waals surface area contributed by atoms with Crippen LogP contribution in [0.25, 0.3) is 0 Å². The number of nitrogens with two attached hydrogens (primary N) is 1. The minimum absolute atomic E-state index is 0.516. The minimum Gasteiger partial charge on any atom is -0.370 e. The molecule has 0 aliphatic heterocycles. The van der Waals surface area contributed by atoms with Crippen LogP contribution < -0.4 is 11.1 Å². The summed E-state index contributed by atoms with van der Waals surface area (Å²) in [5.41, 5.74) is 6.89. The lowest BCUT2D eigenvalue weighted by Crippen LogP contribution is -2.34. The molecule has 0 spiro atoms. The normalized spacial score (nSPS) is 12.1. The fourth-order valence-electron chi connectivity index (χ4n) is 0.967. The molecule has 5 heteroatoms. The number of nitrogens with zero attached hydrogens (tertiary/aromatic N) is 1. The highest BCUT2D eigenvalue weighted by Gasteiger charge is 2.00. The number of nitrogens with one attached hydrogen (secondary N) is 1. The van der Waals surface area contributed by atoms with E-state index in [9.17, 15) is 0 Å². The Balaban J connectivity index is 2.40. The molecule has 0 atom stereocenters. The quantitative estimate of drug-likeness (QED) is 0.661. The van der Waals surface area contributed by atoms with E-state index in [-0.39, 0.29) is 0 Å². The molecule has 1 aromatic rings. The average molecular weight is 290 g/mol. The number of hydrogen-bond acceptors (Lipinski definition) is 2. The molecule has 3 nitrogen and oxygen atoms in total. The van der Waals surface area contributed by atoms with Gasteiger partial charge in [0.15, 0.2) is 5.96 Å². The summed E-state index contributed by atoms with van der Waals surface area (Å²) in [6.07, 6.45) is 0. The molecule has 0 amide bonds. The van der Waals surface area contributed by atoms with Crippen molar-refractivity contribution in [1.29, 1.82) is 0 Å². The minimum atomic E-state index is 0.516. The first kappa shape index (κ1) is 12.5. The first-order valence-corrected chi connectivity index (χ1v) is 6.52. The van der Waals surface area contributed by atoms with Crippen LogP contribution in [-0.2, 0) is 6.54 Å². The zero-order chi connectivity index (χ0) is 11.3. The summed E-state index contributed by atoms with van der Waals surface area (Å²) in [5.74, 6) is 1.09. The lowest BCUT2D eigenvalue weighted by Gasteiger charge is -2.07. The Morgan fingerprint density at radius 2 is 2.40 bits per heavy atom. The maximum Gasteiger partial charge on any atom is 0.188 e. The Bertz CT molecular complexity index is 333. The average Bonchev–Trinajstić information content (AvgIpc) is 2.58. The zero-order valence-corrected chi connectivity index (χ0v) is 11.4. The van der Waals surface area contributed by atoms with Crippen molar-refractivity contribution >= 4 is 33.2 Å². The van der Waals surface area contributed by atoms with E-state index >= 15 is 0 Å². The summed E-state index contributed by atoms with van der Waals surface area (Å²) in [6.45, 7) is 5.76. The molecule has 0 aromatic carbocycles. The van der Waals surface area contributed by atoms with Crippen molar-refractivity contribution in [3.63, 3.8) is 0 Å². The summed E-state index contributed by atoms with van der Waals surface area (Å²) in [5, 5.41) is 5.11. The van der Waals surface area contributed by atoms with Crippen LogP contribution in [0.1, 0.15) is 19.4 Å². The second kappa shape index (κ2) is 6.12. The molecule has 0 saturated heterocycles. The molecule has 0 bridgehead atoms. The van der Waals surface area contributed by atoms with Crippen molar-refractivity contribution in [2.75, 3.05) is 6.54 Å². The lowest BCUT2D eigenvalue weighted by molar-refractivity contribution is 0.622. The molecule has 0 saturated carbocycles. The number of guanidine groups is 1.